The van der Waals surface area contributed by atoms with E-state index in [4.69, 9.17) is 0 Å². The standard InChI is InChI=1S/C12H21N3OS/c1-12(2,16)9-6-15(7-9)8-10-5-13-11(17-10)14(3)4/h5,9,16H,6-8H2,1-4H3. The van der Waals surface area contributed by atoms with Gasteiger partial charge in [0.2, 0.25) is 0 Å². The average Bonchev–Trinajstić information content (AvgIpc) is 2.56. The zero-order valence-corrected chi connectivity index (χ0v) is 11.8. The molecule has 0 aromatic carbocycles. The van der Waals surface area contributed by atoms with Gasteiger partial charge in [0.25, 0.3) is 0 Å². The molecule has 0 saturated carbocycles. The molecule has 0 bridgehead atoms. The second kappa shape index (κ2) is 4.55. The van der Waals surface area contributed by atoms with Gasteiger partial charge in [-0.25, -0.2) is 4.98 Å². The molecule has 0 atom stereocenters. The molecule has 1 aromatic heterocycles. The number of aliphatic hydroxyl groups is 1. The number of likely N-dealkylation sites (tertiary alicyclic amines) is 1. The predicted octanol–water partition coefficient (Wildman–Crippen LogP) is 1.41. The fraction of sp³-hybridized carbons (Fsp3) is 0.750. The summed E-state index contributed by atoms with van der Waals surface area (Å²) in [6, 6.07) is 0. The lowest BCUT2D eigenvalue weighted by Crippen LogP contribution is -2.54. The lowest BCUT2D eigenvalue weighted by atomic mass is 9.84. The monoisotopic (exact) mass is 255 g/mol. The third-order valence-electron chi connectivity index (χ3n) is 3.26. The third kappa shape index (κ3) is 2.97. The van der Waals surface area contributed by atoms with E-state index < -0.39 is 5.60 Å². The van der Waals surface area contributed by atoms with Crippen LogP contribution in [0.2, 0.25) is 0 Å². The predicted molar refractivity (Wildman–Crippen MR) is 71.5 cm³/mol. The Labute approximate surface area is 107 Å². The van der Waals surface area contributed by atoms with Crippen molar-refractivity contribution < 1.29 is 5.11 Å². The molecule has 17 heavy (non-hydrogen) atoms. The molecule has 0 amide bonds. The van der Waals surface area contributed by atoms with Crippen LogP contribution in [0.5, 0.6) is 0 Å². The van der Waals surface area contributed by atoms with Crippen LogP contribution in [-0.2, 0) is 6.54 Å². The molecule has 1 fully saturated rings. The smallest absolute Gasteiger partial charge is 0.185 e. The highest BCUT2D eigenvalue weighted by atomic mass is 32.1. The molecule has 1 aliphatic rings. The van der Waals surface area contributed by atoms with Gasteiger partial charge in [0.15, 0.2) is 5.13 Å². The zero-order chi connectivity index (χ0) is 12.6. The van der Waals surface area contributed by atoms with Gasteiger partial charge in [-0.1, -0.05) is 0 Å². The SMILES string of the molecule is CN(C)c1ncc(CN2CC(C(C)(C)O)C2)s1. The van der Waals surface area contributed by atoms with E-state index in [1.807, 2.05) is 39.0 Å². The Morgan fingerprint density at radius 3 is 2.65 bits per heavy atom. The summed E-state index contributed by atoms with van der Waals surface area (Å²) in [5.41, 5.74) is -0.543. The van der Waals surface area contributed by atoms with Gasteiger partial charge in [0.05, 0.1) is 5.60 Å². The Hall–Kier alpha value is -0.650. The summed E-state index contributed by atoms with van der Waals surface area (Å²) in [4.78, 5) is 10.0. The molecular formula is C12H21N3OS. The van der Waals surface area contributed by atoms with Crippen LogP contribution in [0, 0.1) is 5.92 Å². The molecule has 2 heterocycles. The number of hydrogen-bond donors (Lipinski definition) is 1. The highest BCUT2D eigenvalue weighted by Gasteiger charge is 2.37. The van der Waals surface area contributed by atoms with Crippen LogP contribution in [0.1, 0.15) is 18.7 Å². The van der Waals surface area contributed by atoms with E-state index >= 15 is 0 Å². The van der Waals surface area contributed by atoms with Crippen molar-refractivity contribution in [3.63, 3.8) is 0 Å². The van der Waals surface area contributed by atoms with E-state index in [9.17, 15) is 5.11 Å². The summed E-state index contributed by atoms with van der Waals surface area (Å²) in [6.45, 7) is 6.72. The van der Waals surface area contributed by atoms with Crippen LogP contribution in [0.25, 0.3) is 0 Å². The summed E-state index contributed by atoms with van der Waals surface area (Å²) in [7, 11) is 4.02. The van der Waals surface area contributed by atoms with Crippen molar-refractivity contribution in [1.29, 1.82) is 0 Å². The molecule has 1 saturated heterocycles. The van der Waals surface area contributed by atoms with Crippen molar-refractivity contribution in [3.05, 3.63) is 11.1 Å². The first kappa shape index (κ1) is 12.8. The van der Waals surface area contributed by atoms with E-state index in [0.29, 0.717) is 5.92 Å². The Bertz CT molecular complexity index is 377. The maximum Gasteiger partial charge on any atom is 0.185 e. The summed E-state index contributed by atoms with van der Waals surface area (Å²) in [6.07, 6.45) is 1.96. The maximum atomic E-state index is 9.86. The maximum absolute atomic E-state index is 9.86. The number of anilines is 1. The van der Waals surface area contributed by atoms with Crippen molar-refractivity contribution >= 4 is 16.5 Å². The number of thiazole rings is 1. The van der Waals surface area contributed by atoms with E-state index in [1.165, 1.54) is 4.88 Å². The van der Waals surface area contributed by atoms with E-state index in [0.717, 1.165) is 24.8 Å². The summed E-state index contributed by atoms with van der Waals surface area (Å²) < 4.78 is 0. The Morgan fingerprint density at radius 1 is 1.53 bits per heavy atom. The molecule has 1 N–H and O–H groups in total. The van der Waals surface area contributed by atoms with Crippen LogP contribution < -0.4 is 4.90 Å². The minimum absolute atomic E-state index is 0.406. The molecule has 4 nitrogen and oxygen atoms in total. The summed E-state index contributed by atoms with van der Waals surface area (Å²) in [5.74, 6) is 0.406. The van der Waals surface area contributed by atoms with Gasteiger partial charge in [-0.3, -0.25) is 4.90 Å². The van der Waals surface area contributed by atoms with Crippen LogP contribution in [-0.4, -0.2) is 47.8 Å². The molecule has 2 rings (SSSR count). The quantitative estimate of drug-likeness (QED) is 0.883. The number of hydrogen-bond acceptors (Lipinski definition) is 5. The molecule has 5 heteroatoms. The van der Waals surface area contributed by atoms with Crippen molar-refractivity contribution in [2.75, 3.05) is 32.1 Å². The van der Waals surface area contributed by atoms with Crippen molar-refractivity contribution in [3.8, 4) is 0 Å². The van der Waals surface area contributed by atoms with Gasteiger partial charge in [-0.2, -0.15) is 0 Å². The van der Waals surface area contributed by atoms with Gasteiger partial charge < -0.3 is 10.0 Å². The lowest BCUT2D eigenvalue weighted by Gasteiger charge is -2.45. The van der Waals surface area contributed by atoms with Crippen LogP contribution >= 0.6 is 11.3 Å². The van der Waals surface area contributed by atoms with Crippen molar-refractivity contribution in [2.45, 2.75) is 26.0 Å². The van der Waals surface area contributed by atoms with E-state index in [1.54, 1.807) is 11.3 Å². The summed E-state index contributed by atoms with van der Waals surface area (Å²) in [5, 5.41) is 10.9. The molecule has 0 aliphatic carbocycles. The second-order valence-corrected chi connectivity index (χ2v) is 6.64. The zero-order valence-electron chi connectivity index (χ0n) is 11.0. The van der Waals surface area contributed by atoms with Crippen LogP contribution in [0.15, 0.2) is 6.20 Å². The highest BCUT2D eigenvalue weighted by Crippen LogP contribution is 2.30. The molecule has 0 spiro atoms. The third-order valence-corrected chi connectivity index (χ3v) is 4.41. The lowest BCUT2D eigenvalue weighted by molar-refractivity contribution is -0.0644. The molecule has 0 unspecified atom stereocenters. The van der Waals surface area contributed by atoms with Gasteiger partial charge in [0.1, 0.15) is 0 Å². The Kier molecular flexibility index (Phi) is 3.43. The molecule has 1 aromatic rings. The fourth-order valence-electron chi connectivity index (χ4n) is 1.94. The topological polar surface area (TPSA) is 39.6 Å². The van der Waals surface area contributed by atoms with Crippen LogP contribution in [0.3, 0.4) is 0 Å². The number of rotatable bonds is 4. The van der Waals surface area contributed by atoms with Gasteiger partial charge in [-0.15, -0.1) is 11.3 Å². The fourth-order valence-corrected chi connectivity index (χ4v) is 2.82. The van der Waals surface area contributed by atoms with E-state index in [-0.39, 0.29) is 0 Å². The van der Waals surface area contributed by atoms with Gasteiger partial charge >= 0.3 is 0 Å². The molecule has 96 valence electrons. The van der Waals surface area contributed by atoms with E-state index in [2.05, 4.69) is 9.88 Å². The second-order valence-electron chi connectivity index (χ2n) is 5.55. The average molecular weight is 255 g/mol. The molecular weight excluding hydrogens is 234 g/mol. The Balaban J connectivity index is 1.84. The minimum atomic E-state index is -0.543. The first-order valence-corrected chi connectivity index (χ1v) is 6.74. The first-order chi connectivity index (χ1) is 7.86. The van der Waals surface area contributed by atoms with Crippen molar-refractivity contribution in [2.24, 2.45) is 5.92 Å². The van der Waals surface area contributed by atoms with Gasteiger partial charge in [-0.05, 0) is 13.8 Å². The van der Waals surface area contributed by atoms with Crippen molar-refractivity contribution in [1.82, 2.24) is 9.88 Å². The number of aromatic nitrogens is 1. The molecule has 1 aliphatic heterocycles. The van der Waals surface area contributed by atoms with Gasteiger partial charge in [0, 0.05) is 50.7 Å². The first-order valence-electron chi connectivity index (χ1n) is 5.93. The molecule has 0 radical (unpaired) electrons. The Morgan fingerprint density at radius 2 is 2.18 bits per heavy atom. The normalized spacial score (nSPS) is 18.2. The number of nitrogens with zero attached hydrogens (tertiary/aromatic N) is 3. The summed E-state index contributed by atoms with van der Waals surface area (Å²) >= 11 is 1.74. The van der Waals surface area contributed by atoms with Crippen LogP contribution in [0.4, 0.5) is 5.13 Å². The minimum Gasteiger partial charge on any atom is -0.390 e. The largest absolute Gasteiger partial charge is 0.390 e. The highest BCUT2D eigenvalue weighted by molar-refractivity contribution is 7.15.